The maximum absolute atomic E-state index is 9.52. The van der Waals surface area contributed by atoms with E-state index in [0.29, 0.717) is 23.8 Å². The second-order valence-corrected chi connectivity index (χ2v) is 6.30. The minimum Gasteiger partial charge on any atom is -0.353 e. The molecule has 132 valence electrons. The topological polar surface area (TPSA) is 95.0 Å². The van der Waals surface area contributed by atoms with Crippen molar-refractivity contribution in [2.75, 3.05) is 31.1 Å². The van der Waals surface area contributed by atoms with Gasteiger partial charge in [0, 0.05) is 32.6 Å². The van der Waals surface area contributed by atoms with E-state index in [1.165, 1.54) is 0 Å². The number of nitriles is 1. The highest BCUT2D eigenvalue weighted by Gasteiger charge is 2.21. The molecule has 0 aromatic carbocycles. The highest BCUT2D eigenvalue weighted by molar-refractivity contribution is 5.57. The number of nitrogens with zero attached hydrogens (tertiary/aromatic N) is 7. The Morgan fingerprint density at radius 1 is 1.16 bits per heavy atom. The summed E-state index contributed by atoms with van der Waals surface area (Å²) < 4.78 is 5.18. The maximum Gasteiger partial charge on any atom is 0.226 e. The van der Waals surface area contributed by atoms with Gasteiger partial charge in [-0.15, -0.1) is 5.10 Å². The van der Waals surface area contributed by atoms with Crippen LogP contribution in [0, 0.1) is 25.2 Å². The summed E-state index contributed by atoms with van der Waals surface area (Å²) in [4.78, 5) is 8.85. The summed E-state index contributed by atoms with van der Waals surface area (Å²) in [5.74, 6) is 2.10. The van der Waals surface area contributed by atoms with Crippen LogP contribution in [-0.4, -0.2) is 51.4 Å². The van der Waals surface area contributed by atoms with Crippen molar-refractivity contribution in [2.45, 2.75) is 40.2 Å². The molecule has 1 fully saturated rings. The van der Waals surface area contributed by atoms with E-state index < -0.39 is 0 Å². The summed E-state index contributed by atoms with van der Waals surface area (Å²) in [6.45, 7) is 9.95. The summed E-state index contributed by atoms with van der Waals surface area (Å²) in [6.07, 6.45) is 1.74. The van der Waals surface area contributed by atoms with Crippen molar-refractivity contribution in [3.8, 4) is 6.07 Å². The van der Waals surface area contributed by atoms with Crippen LogP contribution in [0.15, 0.2) is 4.52 Å². The normalized spacial score (nSPS) is 15.8. The molecule has 0 saturated carbocycles. The van der Waals surface area contributed by atoms with E-state index >= 15 is 0 Å². The van der Waals surface area contributed by atoms with Gasteiger partial charge < -0.3 is 9.42 Å². The van der Waals surface area contributed by atoms with E-state index in [9.17, 15) is 5.26 Å². The molecule has 2 aromatic rings. The van der Waals surface area contributed by atoms with Crippen LogP contribution in [0.4, 0.5) is 5.82 Å². The standard InChI is InChI=1S/C17H23N7O/c1-4-16-19-15(22-25-16)11-23-6-5-7-24(9-8-23)17-14(10-18)12(2)13(3)20-21-17/h4-9,11H2,1-3H3. The zero-order chi connectivity index (χ0) is 17.8. The predicted octanol–water partition coefficient (Wildman–Crippen LogP) is 1.62. The van der Waals surface area contributed by atoms with Crippen molar-refractivity contribution in [3.63, 3.8) is 0 Å². The molecule has 0 N–H and O–H groups in total. The van der Waals surface area contributed by atoms with Crippen molar-refractivity contribution >= 4 is 5.82 Å². The molecule has 1 aliphatic rings. The molecule has 8 nitrogen and oxygen atoms in total. The number of anilines is 1. The molecule has 1 aliphatic heterocycles. The molecule has 0 unspecified atom stereocenters. The van der Waals surface area contributed by atoms with Crippen molar-refractivity contribution < 1.29 is 4.52 Å². The Hall–Kier alpha value is -2.53. The van der Waals surface area contributed by atoms with E-state index in [4.69, 9.17) is 4.52 Å². The van der Waals surface area contributed by atoms with E-state index in [2.05, 4.69) is 36.2 Å². The molecule has 25 heavy (non-hydrogen) atoms. The lowest BCUT2D eigenvalue weighted by Crippen LogP contribution is -2.32. The van der Waals surface area contributed by atoms with Gasteiger partial charge >= 0.3 is 0 Å². The minimum absolute atomic E-state index is 0.631. The molecule has 3 rings (SSSR count). The first-order valence-electron chi connectivity index (χ1n) is 8.65. The Bertz CT molecular complexity index is 780. The van der Waals surface area contributed by atoms with E-state index in [-0.39, 0.29) is 0 Å². The average molecular weight is 341 g/mol. The van der Waals surface area contributed by atoms with Crippen molar-refractivity contribution in [3.05, 3.63) is 28.5 Å². The summed E-state index contributed by atoms with van der Waals surface area (Å²) in [7, 11) is 0. The van der Waals surface area contributed by atoms with Crippen LogP contribution >= 0.6 is 0 Å². The van der Waals surface area contributed by atoms with Gasteiger partial charge in [0.1, 0.15) is 11.6 Å². The second kappa shape index (κ2) is 7.57. The Kier molecular flexibility index (Phi) is 5.24. The highest BCUT2D eigenvalue weighted by Crippen LogP contribution is 2.22. The molecule has 1 saturated heterocycles. The third kappa shape index (κ3) is 3.77. The fourth-order valence-electron chi connectivity index (χ4n) is 2.99. The molecule has 2 aromatic heterocycles. The molecule has 8 heteroatoms. The number of aryl methyl sites for hydroxylation is 2. The van der Waals surface area contributed by atoms with E-state index in [0.717, 1.165) is 56.1 Å². The fourth-order valence-corrected chi connectivity index (χ4v) is 2.99. The van der Waals surface area contributed by atoms with Crippen molar-refractivity contribution in [1.82, 2.24) is 25.2 Å². The quantitative estimate of drug-likeness (QED) is 0.828. The Labute approximate surface area is 147 Å². The first-order chi connectivity index (χ1) is 12.1. The predicted molar refractivity (Wildman–Crippen MR) is 92.0 cm³/mol. The van der Waals surface area contributed by atoms with Gasteiger partial charge in [-0.2, -0.15) is 15.3 Å². The molecule has 0 amide bonds. The lowest BCUT2D eigenvalue weighted by molar-refractivity contribution is 0.271. The number of aromatic nitrogens is 4. The molecule has 0 bridgehead atoms. The van der Waals surface area contributed by atoms with Gasteiger partial charge in [0.25, 0.3) is 0 Å². The van der Waals surface area contributed by atoms with E-state index in [1.54, 1.807) is 0 Å². The van der Waals surface area contributed by atoms with Crippen LogP contribution in [0.3, 0.4) is 0 Å². The highest BCUT2D eigenvalue weighted by atomic mass is 16.5. The van der Waals surface area contributed by atoms with Crippen LogP contribution in [0.2, 0.25) is 0 Å². The van der Waals surface area contributed by atoms with Crippen LogP contribution < -0.4 is 4.90 Å². The summed E-state index contributed by atoms with van der Waals surface area (Å²) in [5, 5.41) is 22.0. The van der Waals surface area contributed by atoms with Gasteiger partial charge in [0.2, 0.25) is 5.89 Å². The lowest BCUT2D eigenvalue weighted by atomic mass is 10.1. The zero-order valence-corrected chi connectivity index (χ0v) is 15.0. The van der Waals surface area contributed by atoms with Crippen LogP contribution in [-0.2, 0) is 13.0 Å². The zero-order valence-electron chi connectivity index (χ0n) is 15.0. The monoisotopic (exact) mass is 341 g/mol. The number of hydrogen-bond donors (Lipinski definition) is 0. The number of rotatable bonds is 4. The van der Waals surface area contributed by atoms with Crippen LogP contribution in [0.5, 0.6) is 0 Å². The van der Waals surface area contributed by atoms with Gasteiger partial charge in [0.05, 0.1) is 12.2 Å². The minimum atomic E-state index is 0.631. The molecule has 0 aliphatic carbocycles. The maximum atomic E-state index is 9.52. The average Bonchev–Trinajstić information content (AvgIpc) is 2.95. The Morgan fingerprint density at radius 2 is 2.00 bits per heavy atom. The number of hydrogen-bond acceptors (Lipinski definition) is 8. The first-order valence-corrected chi connectivity index (χ1v) is 8.65. The molecule has 3 heterocycles. The van der Waals surface area contributed by atoms with Gasteiger partial charge in [0.15, 0.2) is 11.6 Å². The van der Waals surface area contributed by atoms with Crippen LogP contribution in [0.1, 0.15) is 41.9 Å². The van der Waals surface area contributed by atoms with Crippen molar-refractivity contribution in [1.29, 1.82) is 5.26 Å². The molecular formula is C17H23N7O. The van der Waals surface area contributed by atoms with Gasteiger partial charge in [-0.05, 0) is 25.8 Å². The summed E-state index contributed by atoms with van der Waals surface area (Å²) in [5.41, 5.74) is 2.35. The summed E-state index contributed by atoms with van der Waals surface area (Å²) in [6, 6.07) is 2.29. The Balaban J connectivity index is 1.70. The first kappa shape index (κ1) is 17.3. The lowest BCUT2D eigenvalue weighted by Gasteiger charge is -2.23. The van der Waals surface area contributed by atoms with E-state index in [1.807, 2.05) is 20.8 Å². The largest absolute Gasteiger partial charge is 0.353 e. The van der Waals surface area contributed by atoms with Gasteiger partial charge in [-0.25, -0.2) is 0 Å². The molecule has 0 spiro atoms. The SMILES string of the molecule is CCc1nc(CN2CCCN(c3nnc(C)c(C)c3C#N)CC2)no1. The third-order valence-electron chi connectivity index (χ3n) is 4.61. The van der Waals surface area contributed by atoms with Gasteiger partial charge in [-0.1, -0.05) is 12.1 Å². The smallest absolute Gasteiger partial charge is 0.226 e. The molecular weight excluding hydrogens is 318 g/mol. The Morgan fingerprint density at radius 3 is 2.72 bits per heavy atom. The van der Waals surface area contributed by atoms with Gasteiger partial charge in [-0.3, -0.25) is 4.90 Å². The fraction of sp³-hybridized carbons (Fsp3) is 0.588. The summed E-state index contributed by atoms with van der Waals surface area (Å²) >= 11 is 0. The third-order valence-corrected chi connectivity index (χ3v) is 4.61. The second-order valence-electron chi connectivity index (χ2n) is 6.30. The molecule has 0 radical (unpaired) electrons. The van der Waals surface area contributed by atoms with Crippen molar-refractivity contribution in [2.24, 2.45) is 0 Å². The van der Waals surface area contributed by atoms with Crippen LogP contribution in [0.25, 0.3) is 0 Å². The molecule has 0 atom stereocenters.